The van der Waals surface area contributed by atoms with Crippen LogP contribution < -0.4 is 0 Å². The lowest BCUT2D eigenvalue weighted by molar-refractivity contribution is -0.432. The SMILES string of the molecule is Cc1ccc(N=Nc2c(SOOO)cc3cccc(C)c3c2O)c(S(=O)(=O)O)c1. The van der Waals surface area contributed by atoms with Crippen molar-refractivity contribution in [1.82, 2.24) is 0 Å². The lowest BCUT2D eigenvalue weighted by Crippen LogP contribution is -1.98. The van der Waals surface area contributed by atoms with E-state index in [1.54, 1.807) is 44.2 Å². The molecule has 0 spiro atoms. The number of benzene rings is 3. The third-order valence-corrected chi connectivity index (χ3v) is 5.59. The molecule has 0 radical (unpaired) electrons. The maximum Gasteiger partial charge on any atom is 0.296 e. The summed E-state index contributed by atoms with van der Waals surface area (Å²) in [5, 5.41) is 31.9. The summed E-state index contributed by atoms with van der Waals surface area (Å²) >= 11 is 0.576. The molecular formula is C18H16N2O7S2. The number of nitrogens with zero attached hydrogens (tertiary/aromatic N) is 2. The topological polar surface area (TPSA) is 138 Å². The van der Waals surface area contributed by atoms with Gasteiger partial charge in [0.1, 0.15) is 16.3 Å². The summed E-state index contributed by atoms with van der Waals surface area (Å²) in [6.07, 6.45) is 0. The zero-order valence-corrected chi connectivity index (χ0v) is 16.9. The Labute approximate surface area is 170 Å². The summed E-state index contributed by atoms with van der Waals surface area (Å²) in [4.78, 5) is -0.166. The van der Waals surface area contributed by atoms with Crippen LogP contribution in [-0.2, 0) is 19.5 Å². The molecule has 0 heterocycles. The van der Waals surface area contributed by atoms with E-state index in [2.05, 4.69) is 19.6 Å². The van der Waals surface area contributed by atoms with E-state index < -0.39 is 15.0 Å². The van der Waals surface area contributed by atoms with Crippen molar-refractivity contribution in [1.29, 1.82) is 0 Å². The molecule has 0 aromatic heterocycles. The second kappa shape index (κ2) is 8.45. The van der Waals surface area contributed by atoms with E-state index in [1.807, 2.05) is 0 Å². The first-order valence-electron chi connectivity index (χ1n) is 8.12. The molecule has 152 valence electrons. The van der Waals surface area contributed by atoms with Gasteiger partial charge in [-0.25, -0.2) is 5.26 Å². The van der Waals surface area contributed by atoms with Crippen molar-refractivity contribution in [2.45, 2.75) is 23.6 Å². The second-order valence-electron chi connectivity index (χ2n) is 6.12. The van der Waals surface area contributed by atoms with E-state index in [0.717, 1.165) is 5.56 Å². The highest BCUT2D eigenvalue weighted by atomic mass is 32.2. The molecule has 9 nitrogen and oxygen atoms in total. The number of azo groups is 1. The Balaban J connectivity index is 2.19. The Hall–Kier alpha value is -2.54. The van der Waals surface area contributed by atoms with Crippen LogP contribution in [0.5, 0.6) is 5.75 Å². The van der Waals surface area contributed by atoms with Crippen LogP contribution in [0, 0.1) is 13.8 Å². The minimum Gasteiger partial charge on any atom is -0.505 e. The molecule has 29 heavy (non-hydrogen) atoms. The summed E-state index contributed by atoms with van der Waals surface area (Å²) in [7, 11) is -4.54. The van der Waals surface area contributed by atoms with Crippen molar-refractivity contribution >= 4 is 44.3 Å². The van der Waals surface area contributed by atoms with Crippen LogP contribution in [0.3, 0.4) is 0 Å². The first-order chi connectivity index (χ1) is 13.7. The molecule has 0 aliphatic rings. The molecule has 11 heteroatoms. The fourth-order valence-electron chi connectivity index (χ4n) is 2.81. The zero-order valence-electron chi connectivity index (χ0n) is 15.2. The van der Waals surface area contributed by atoms with Gasteiger partial charge in [0.25, 0.3) is 10.1 Å². The minimum absolute atomic E-state index is 0.0317. The van der Waals surface area contributed by atoms with Crippen molar-refractivity contribution in [3.8, 4) is 5.75 Å². The predicted octanol–water partition coefficient (Wildman–Crippen LogP) is 5.25. The predicted molar refractivity (Wildman–Crippen MR) is 106 cm³/mol. The third kappa shape index (κ3) is 4.56. The Bertz CT molecular complexity index is 1210. The number of rotatable bonds is 6. The largest absolute Gasteiger partial charge is 0.505 e. The van der Waals surface area contributed by atoms with Crippen LogP contribution in [0.4, 0.5) is 11.4 Å². The number of phenols is 1. The standard InChI is InChI=1S/C18H16N2O7S2/c1-10-6-7-13(15(8-10)29(23,24)25)19-20-17-14(28-27-26-22)9-12-5-3-4-11(2)16(12)18(17)21/h3-9,21-22H,1-2H3,(H,23,24,25). The van der Waals surface area contributed by atoms with E-state index >= 15 is 0 Å². The van der Waals surface area contributed by atoms with Crippen molar-refractivity contribution < 1.29 is 32.7 Å². The van der Waals surface area contributed by atoms with Gasteiger partial charge in [0.05, 0.1) is 16.9 Å². The van der Waals surface area contributed by atoms with Gasteiger partial charge in [-0.05, 0) is 48.6 Å². The molecule has 0 saturated carbocycles. The van der Waals surface area contributed by atoms with Gasteiger partial charge in [-0.1, -0.05) is 29.3 Å². The number of aromatic hydroxyl groups is 1. The van der Waals surface area contributed by atoms with Gasteiger partial charge in [0.2, 0.25) is 0 Å². The molecule has 0 fully saturated rings. The monoisotopic (exact) mass is 436 g/mol. The molecule has 3 aromatic rings. The second-order valence-corrected chi connectivity index (χ2v) is 8.25. The van der Waals surface area contributed by atoms with Crippen LogP contribution in [0.2, 0.25) is 0 Å². The van der Waals surface area contributed by atoms with Gasteiger partial charge < -0.3 is 5.11 Å². The molecule has 0 aliphatic carbocycles. The molecule has 0 unspecified atom stereocenters. The Kier molecular flexibility index (Phi) is 6.17. The average Bonchev–Trinajstić information content (AvgIpc) is 2.65. The molecule has 0 aliphatic heterocycles. The average molecular weight is 436 g/mol. The van der Waals surface area contributed by atoms with Crippen molar-refractivity contribution in [2.24, 2.45) is 10.2 Å². The molecular weight excluding hydrogens is 420 g/mol. The zero-order chi connectivity index (χ0) is 21.2. The smallest absolute Gasteiger partial charge is 0.296 e. The fraction of sp³-hybridized carbons (Fsp3) is 0.111. The first kappa shape index (κ1) is 21.2. The van der Waals surface area contributed by atoms with E-state index in [0.29, 0.717) is 28.4 Å². The number of fused-ring (bicyclic) bond motifs is 1. The number of hydrogen-bond donors (Lipinski definition) is 3. The minimum atomic E-state index is -4.54. The van der Waals surface area contributed by atoms with E-state index in [-0.39, 0.29) is 22.0 Å². The number of hydrogen-bond acceptors (Lipinski definition) is 9. The summed E-state index contributed by atoms with van der Waals surface area (Å²) < 4.78 is 37.2. The van der Waals surface area contributed by atoms with E-state index in [1.165, 1.54) is 12.1 Å². The highest BCUT2D eigenvalue weighted by Gasteiger charge is 2.18. The van der Waals surface area contributed by atoms with Crippen LogP contribution in [0.1, 0.15) is 11.1 Å². The van der Waals surface area contributed by atoms with E-state index in [4.69, 9.17) is 5.26 Å². The van der Waals surface area contributed by atoms with Gasteiger partial charge in [-0.15, -0.1) is 14.6 Å². The Morgan fingerprint density at radius 3 is 2.52 bits per heavy atom. The lowest BCUT2D eigenvalue weighted by atomic mass is 10.0. The quantitative estimate of drug-likeness (QED) is 0.156. The van der Waals surface area contributed by atoms with Crippen LogP contribution >= 0.6 is 12.0 Å². The molecule has 3 N–H and O–H groups in total. The molecule has 0 saturated heterocycles. The summed E-state index contributed by atoms with van der Waals surface area (Å²) in [6, 6.07) is 11.3. The maximum atomic E-state index is 11.6. The highest BCUT2D eigenvalue weighted by molar-refractivity contribution is 7.94. The van der Waals surface area contributed by atoms with Crippen LogP contribution in [-0.4, -0.2) is 23.3 Å². The van der Waals surface area contributed by atoms with Gasteiger partial charge in [0, 0.05) is 5.39 Å². The molecule has 3 aromatic carbocycles. The lowest BCUT2D eigenvalue weighted by Gasteiger charge is -2.11. The van der Waals surface area contributed by atoms with Gasteiger partial charge in [-0.3, -0.25) is 4.55 Å². The van der Waals surface area contributed by atoms with Crippen LogP contribution in [0.15, 0.2) is 62.5 Å². The van der Waals surface area contributed by atoms with E-state index in [9.17, 15) is 18.1 Å². The van der Waals surface area contributed by atoms with Crippen molar-refractivity contribution in [3.63, 3.8) is 0 Å². The third-order valence-electron chi connectivity index (χ3n) is 4.09. The van der Waals surface area contributed by atoms with Crippen molar-refractivity contribution in [2.75, 3.05) is 0 Å². The Morgan fingerprint density at radius 1 is 1.07 bits per heavy atom. The molecule has 0 amide bonds. The van der Waals surface area contributed by atoms with Gasteiger partial charge >= 0.3 is 0 Å². The van der Waals surface area contributed by atoms with Gasteiger partial charge in [-0.2, -0.15) is 8.42 Å². The fourth-order valence-corrected chi connectivity index (χ4v) is 4.01. The highest BCUT2D eigenvalue weighted by Crippen LogP contribution is 2.45. The summed E-state index contributed by atoms with van der Waals surface area (Å²) in [5.74, 6) is -0.214. The summed E-state index contributed by atoms with van der Waals surface area (Å²) in [5.41, 5.74) is 1.24. The normalized spacial score (nSPS) is 12.1. The van der Waals surface area contributed by atoms with Crippen molar-refractivity contribution in [3.05, 3.63) is 53.6 Å². The first-order valence-corrected chi connectivity index (χ1v) is 10.3. The Morgan fingerprint density at radius 2 is 1.83 bits per heavy atom. The number of phenolic OH excluding ortho intramolecular Hbond substituents is 1. The number of aryl methyl sites for hydroxylation is 2. The molecule has 3 rings (SSSR count). The maximum absolute atomic E-state index is 11.6. The van der Waals surface area contributed by atoms with Gasteiger partial charge in [0.15, 0.2) is 5.75 Å². The summed E-state index contributed by atoms with van der Waals surface area (Å²) in [6.45, 7) is 3.47. The molecule has 0 atom stereocenters. The molecule has 0 bridgehead atoms. The van der Waals surface area contributed by atoms with Crippen LogP contribution in [0.25, 0.3) is 10.8 Å².